The minimum Gasteiger partial charge on any atom is -0.310 e. The monoisotopic (exact) mass is 1000 g/mol. The van der Waals surface area contributed by atoms with Crippen molar-refractivity contribution in [2.24, 2.45) is 0 Å². The fourth-order valence-electron chi connectivity index (χ4n) is 10.2. The number of rotatable bonds is 12. The first-order valence-electron chi connectivity index (χ1n) is 24.7. The van der Waals surface area contributed by atoms with E-state index in [1.165, 1.54) is 114 Å². The number of aryl methyl sites for hydroxylation is 2. The summed E-state index contributed by atoms with van der Waals surface area (Å²) in [6.45, 7) is 9.35. The van der Waals surface area contributed by atoms with Gasteiger partial charge >= 0.3 is 0 Å². The van der Waals surface area contributed by atoms with Gasteiger partial charge in [0.25, 0.3) is 0 Å². The lowest BCUT2D eigenvalue weighted by Gasteiger charge is -2.32. The summed E-state index contributed by atoms with van der Waals surface area (Å²) in [5, 5.41) is 9.03. The third-order valence-electron chi connectivity index (χ3n) is 14.4. The van der Waals surface area contributed by atoms with Crippen LogP contribution in [0, 0.1) is 13.8 Å². The molecule has 2 nitrogen and oxygen atoms in total. The fraction of sp³-hybridized carbons (Fsp3) is 0.200. The third-order valence-corrected chi connectivity index (χ3v) is 21.2. The molecule has 0 spiro atoms. The van der Waals surface area contributed by atoms with Crippen molar-refractivity contribution in [2.75, 3.05) is 66.1 Å². The van der Waals surface area contributed by atoms with Crippen LogP contribution >= 0.6 is 30.1 Å². The normalized spacial score (nSPS) is 13.1. The lowest BCUT2D eigenvalue weighted by atomic mass is 9.91. The number of nitrogens with zero attached hydrogens (tertiary/aromatic N) is 2. The third kappa shape index (κ3) is 9.41. The Kier molecular flexibility index (Phi) is 12.8. The molecule has 0 aromatic heterocycles. The van der Waals surface area contributed by atoms with E-state index in [1.54, 1.807) is 0 Å². The van der Waals surface area contributed by atoms with Gasteiger partial charge < -0.3 is 9.80 Å². The van der Waals surface area contributed by atoms with Crippen molar-refractivity contribution >= 4 is 111 Å². The predicted octanol–water partition coefficient (Wildman–Crippen LogP) is 18.3. The molecule has 0 atom stereocenters. The number of hydrogen-bond donors (Lipinski definition) is 0. The van der Waals surface area contributed by atoms with Crippen LogP contribution in [0.25, 0.3) is 54.6 Å². The van der Waals surface area contributed by atoms with Gasteiger partial charge in [0.15, 0.2) is 0 Å². The summed E-state index contributed by atoms with van der Waals surface area (Å²) < 4.78 is 0. The second-order valence-electron chi connectivity index (χ2n) is 22.1. The fourth-order valence-corrected chi connectivity index (χ4v) is 14.0. The molecule has 10 aromatic rings. The lowest BCUT2D eigenvalue weighted by molar-refractivity contribution is 1.25. The van der Waals surface area contributed by atoms with Crippen LogP contribution in [0.3, 0.4) is 0 Å². The molecule has 71 heavy (non-hydrogen) atoms. The Morgan fingerprint density at radius 1 is 0.324 bits per heavy atom. The minimum absolute atomic E-state index is 0.824. The predicted molar refractivity (Wildman–Crippen MR) is 329 cm³/mol. The zero-order valence-electron chi connectivity index (χ0n) is 44.0. The van der Waals surface area contributed by atoms with Crippen LogP contribution in [0.2, 0.25) is 13.1 Å². The van der Waals surface area contributed by atoms with Crippen LogP contribution in [-0.4, -0.2) is 65.1 Å². The van der Waals surface area contributed by atoms with Crippen LogP contribution in [0.4, 0.5) is 34.1 Å². The molecule has 0 radical (unpaired) electrons. The molecule has 0 N–H and O–H groups in total. The van der Waals surface area contributed by atoms with Gasteiger partial charge in [0, 0.05) is 33.5 Å². The average Bonchev–Trinajstić information content (AvgIpc) is 3.34. The van der Waals surface area contributed by atoms with Gasteiger partial charge in [-0.25, -0.2) is 30.1 Å². The van der Waals surface area contributed by atoms with E-state index in [1.807, 2.05) is 0 Å². The van der Waals surface area contributed by atoms with E-state index in [9.17, 15) is 0 Å². The van der Waals surface area contributed by atoms with Crippen LogP contribution in [0.5, 0.6) is 0 Å². The van der Waals surface area contributed by atoms with E-state index < -0.39 is 38.9 Å². The Bertz CT molecular complexity index is 3560. The summed E-state index contributed by atoms with van der Waals surface area (Å²) in [5.41, 5.74) is 14.4. The maximum absolute atomic E-state index is 2.53. The minimum atomic E-state index is -1.00. The Hall–Kier alpha value is -5.89. The molecule has 362 valence electrons. The van der Waals surface area contributed by atoms with Crippen LogP contribution < -0.4 is 15.0 Å². The molecule has 0 bridgehead atoms. The summed E-state index contributed by atoms with van der Waals surface area (Å²) >= 11 is 0. The largest absolute Gasteiger partial charge is 0.310 e. The van der Waals surface area contributed by atoms with Crippen LogP contribution in [0.15, 0.2) is 197 Å². The molecule has 0 saturated heterocycles. The van der Waals surface area contributed by atoms with E-state index >= 15 is 0 Å². The lowest BCUT2D eigenvalue weighted by Crippen LogP contribution is -2.22. The highest BCUT2D eigenvalue weighted by molar-refractivity contribution is 8.32. The molecule has 0 aliphatic carbocycles. The molecule has 0 amide bonds. The number of benzene rings is 10. The van der Waals surface area contributed by atoms with Crippen LogP contribution in [-0.2, 0) is 0 Å². The number of hydrogen-bond acceptors (Lipinski definition) is 2. The SMILES string of the molecule is Cc1ccc(-c2ccc(S(C)(C)C)cc2)cc1N(c1ccc([SiH](C)C)cc1)c1ccc2ccc3c(N(c4ccc(S(C)(C)C)cc4)c4cc(-c5ccc(S(C)(C)C)cc5)ccc4C)ccc4ccc1c2c43. The van der Waals surface area contributed by atoms with Gasteiger partial charge in [-0.05, 0) is 225 Å². The van der Waals surface area contributed by atoms with Crippen molar-refractivity contribution in [3.63, 3.8) is 0 Å². The van der Waals surface area contributed by atoms with Crippen molar-refractivity contribution in [1.29, 1.82) is 0 Å². The first kappa shape index (κ1) is 48.7. The quantitative estimate of drug-likeness (QED) is 0.0889. The van der Waals surface area contributed by atoms with Crippen molar-refractivity contribution in [3.8, 4) is 22.3 Å². The zero-order valence-corrected chi connectivity index (χ0v) is 47.6. The van der Waals surface area contributed by atoms with Gasteiger partial charge in [-0.1, -0.05) is 115 Å². The van der Waals surface area contributed by atoms with Gasteiger partial charge in [-0.15, -0.1) is 0 Å². The summed E-state index contributed by atoms with van der Waals surface area (Å²) in [5.74, 6) is 0. The molecule has 0 heterocycles. The molecular formula is C65H70N2S3Si. The molecule has 0 fully saturated rings. The Morgan fingerprint density at radius 2 is 0.648 bits per heavy atom. The van der Waals surface area contributed by atoms with Crippen molar-refractivity contribution < 1.29 is 0 Å². The molecule has 10 rings (SSSR count). The van der Waals surface area contributed by atoms with Gasteiger partial charge in [-0.3, -0.25) is 0 Å². The standard InChI is InChI=1S/C65H70N2S3Si/c1-44-14-16-50(46-18-30-54(31-19-46)68(3,4)5)42-62(44)66(52-26-34-56(35-27-52)70(9,10)11)60-40-24-48-23-39-59-61(41-25-49-22-38-58(60)64(48)65(49)59)67(53-28-36-57(37-29-53)71(12)13)63-43-51(17-15-45(63)2)47-20-32-55(33-21-47)69(6,7)8/h14-43,71H,1-13H3. The van der Waals surface area contributed by atoms with E-state index in [-0.39, 0.29) is 0 Å². The Morgan fingerprint density at radius 3 is 1.00 bits per heavy atom. The molecule has 0 saturated carbocycles. The maximum atomic E-state index is 2.53. The summed E-state index contributed by atoms with van der Waals surface area (Å²) in [7, 11) is -3.57. The topological polar surface area (TPSA) is 6.48 Å². The van der Waals surface area contributed by atoms with Crippen LogP contribution in [0.1, 0.15) is 11.1 Å². The smallest absolute Gasteiger partial charge is 0.0647 e. The first-order valence-corrected chi connectivity index (χ1v) is 36.2. The molecule has 0 unspecified atom stereocenters. The van der Waals surface area contributed by atoms with Gasteiger partial charge in [-0.2, -0.15) is 0 Å². The zero-order chi connectivity index (χ0) is 50.1. The molecule has 6 heteroatoms. The first-order chi connectivity index (χ1) is 33.7. The Labute approximate surface area is 430 Å². The molecular weight excluding hydrogens is 933 g/mol. The van der Waals surface area contributed by atoms with Gasteiger partial charge in [0.2, 0.25) is 0 Å². The second-order valence-corrected chi connectivity index (χ2v) is 37.5. The maximum Gasteiger partial charge on any atom is 0.0647 e. The Balaban J connectivity index is 1.18. The van der Waals surface area contributed by atoms with Gasteiger partial charge in [0.1, 0.15) is 0 Å². The molecule has 0 aliphatic heterocycles. The summed E-state index contributed by atoms with van der Waals surface area (Å²) in [6, 6.07) is 70.3. The van der Waals surface area contributed by atoms with E-state index in [4.69, 9.17) is 0 Å². The van der Waals surface area contributed by atoms with Crippen molar-refractivity contribution in [2.45, 2.75) is 41.6 Å². The number of anilines is 6. The second kappa shape index (κ2) is 18.6. The average molecular weight is 1000 g/mol. The van der Waals surface area contributed by atoms with E-state index in [0.717, 1.165) is 5.69 Å². The highest BCUT2D eigenvalue weighted by Gasteiger charge is 2.25. The summed E-state index contributed by atoms with van der Waals surface area (Å²) in [4.78, 5) is 9.31. The summed E-state index contributed by atoms with van der Waals surface area (Å²) in [6.07, 6.45) is 21.3. The van der Waals surface area contributed by atoms with Gasteiger partial charge in [0.05, 0.1) is 20.2 Å². The highest BCUT2D eigenvalue weighted by atomic mass is 32.3. The molecule has 0 aliphatic rings. The van der Waals surface area contributed by atoms with Crippen molar-refractivity contribution in [1.82, 2.24) is 0 Å². The van der Waals surface area contributed by atoms with E-state index in [0.29, 0.717) is 0 Å². The van der Waals surface area contributed by atoms with Crippen molar-refractivity contribution in [3.05, 3.63) is 193 Å². The molecule has 10 aromatic carbocycles. The highest BCUT2D eigenvalue weighted by Crippen LogP contribution is 2.52. The van der Waals surface area contributed by atoms with E-state index in [2.05, 4.69) is 275 Å².